The highest BCUT2D eigenvalue weighted by Crippen LogP contribution is 2.29. The minimum absolute atomic E-state index is 0.0860. The molecule has 172 valence electrons. The fourth-order valence-corrected chi connectivity index (χ4v) is 4.03. The van der Waals surface area contributed by atoms with Crippen molar-refractivity contribution in [3.8, 4) is 17.7 Å². The van der Waals surface area contributed by atoms with Crippen molar-refractivity contribution < 1.29 is 23.2 Å². The van der Waals surface area contributed by atoms with Crippen LogP contribution in [-0.4, -0.2) is 66.0 Å². The van der Waals surface area contributed by atoms with Gasteiger partial charge in [-0.05, 0) is 38.5 Å². The molecular formula is C23H25N5O5. The average molecular weight is 451 g/mol. The third-order valence-corrected chi connectivity index (χ3v) is 5.67. The van der Waals surface area contributed by atoms with E-state index < -0.39 is 5.97 Å². The maximum atomic E-state index is 12.9. The molecule has 0 unspecified atom stereocenters. The fraction of sp³-hybridized carbons (Fsp3) is 0.391. The summed E-state index contributed by atoms with van der Waals surface area (Å²) in [5.41, 5.74) is 2.30. The molecule has 1 fully saturated rings. The van der Waals surface area contributed by atoms with Gasteiger partial charge >= 0.3 is 5.97 Å². The molecule has 1 N–H and O–H groups in total. The number of oxazole rings is 1. The van der Waals surface area contributed by atoms with Gasteiger partial charge in [0, 0.05) is 31.9 Å². The summed E-state index contributed by atoms with van der Waals surface area (Å²) >= 11 is 0. The van der Waals surface area contributed by atoms with E-state index in [1.165, 1.54) is 6.26 Å². The normalized spacial score (nSPS) is 14.3. The second-order valence-corrected chi connectivity index (χ2v) is 7.79. The molecule has 4 heterocycles. The Bertz CT molecular complexity index is 1190. The Hall–Kier alpha value is -3.84. The Kier molecular flexibility index (Phi) is 6.33. The van der Waals surface area contributed by atoms with Crippen molar-refractivity contribution in [3.05, 3.63) is 46.6 Å². The van der Waals surface area contributed by atoms with Crippen molar-refractivity contribution >= 4 is 17.6 Å². The first-order valence-corrected chi connectivity index (χ1v) is 10.7. The molecular weight excluding hydrogens is 426 g/mol. The van der Waals surface area contributed by atoms with Crippen LogP contribution in [0, 0.1) is 25.2 Å². The van der Waals surface area contributed by atoms with Crippen LogP contribution < -0.4 is 4.90 Å². The number of aromatic amines is 1. The Morgan fingerprint density at radius 1 is 1.27 bits per heavy atom. The van der Waals surface area contributed by atoms with Crippen LogP contribution in [0.2, 0.25) is 0 Å². The standard InChI is InChI=1S/C23H25N5O5/c1-4-31-23(30)19-14(2)20(25-15(19)3)17(29)13-27-7-9-28(10-8-27)22-16(12-24)26-21(33-22)18-6-5-11-32-18/h5-6,11,25H,4,7-10,13H2,1-3H3. The van der Waals surface area contributed by atoms with Crippen molar-refractivity contribution in [2.45, 2.75) is 20.8 Å². The van der Waals surface area contributed by atoms with Gasteiger partial charge in [0.25, 0.3) is 5.89 Å². The van der Waals surface area contributed by atoms with Gasteiger partial charge in [0.05, 0.1) is 30.7 Å². The molecule has 0 amide bonds. The molecule has 4 rings (SSSR count). The zero-order valence-electron chi connectivity index (χ0n) is 18.8. The number of aryl methyl sites for hydroxylation is 1. The third-order valence-electron chi connectivity index (χ3n) is 5.67. The molecule has 3 aromatic heterocycles. The molecule has 3 aromatic rings. The number of rotatable bonds is 7. The van der Waals surface area contributed by atoms with E-state index in [1.54, 1.807) is 32.9 Å². The first-order chi connectivity index (χ1) is 15.9. The lowest BCUT2D eigenvalue weighted by Gasteiger charge is -2.34. The number of nitriles is 1. The zero-order valence-corrected chi connectivity index (χ0v) is 18.8. The minimum atomic E-state index is -0.425. The van der Waals surface area contributed by atoms with Gasteiger partial charge in [0.15, 0.2) is 11.5 Å². The van der Waals surface area contributed by atoms with Gasteiger partial charge < -0.3 is 23.5 Å². The van der Waals surface area contributed by atoms with E-state index in [4.69, 9.17) is 13.6 Å². The number of carbonyl (C=O) groups is 2. The summed E-state index contributed by atoms with van der Waals surface area (Å²) in [6.07, 6.45) is 1.52. The highest BCUT2D eigenvalue weighted by molar-refractivity contribution is 6.02. The number of esters is 1. The number of Topliss-reactive ketones (excluding diaryl/α,β-unsaturated/α-hetero) is 1. The topological polar surface area (TPSA) is 129 Å². The molecule has 0 saturated carbocycles. The highest BCUT2D eigenvalue weighted by atomic mass is 16.5. The lowest BCUT2D eigenvalue weighted by molar-refractivity contribution is 0.0525. The van der Waals surface area contributed by atoms with Gasteiger partial charge in [-0.3, -0.25) is 9.69 Å². The maximum Gasteiger partial charge on any atom is 0.340 e. The summed E-state index contributed by atoms with van der Waals surface area (Å²) in [4.78, 5) is 36.4. The third kappa shape index (κ3) is 4.40. The second kappa shape index (κ2) is 9.34. The lowest BCUT2D eigenvalue weighted by atomic mass is 10.1. The SMILES string of the molecule is CCOC(=O)c1c(C)[nH]c(C(=O)CN2CCN(c3oc(-c4ccco4)nc3C#N)CC2)c1C. The summed E-state index contributed by atoms with van der Waals surface area (Å²) in [5.74, 6) is 0.618. The van der Waals surface area contributed by atoms with Crippen molar-refractivity contribution in [1.29, 1.82) is 5.26 Å². The van der Waals surface area contributed by atoms with Crippen molar-refractivity contribution in [1.82, 2.24) is 14.9 Å². The van der Waals surface area contributed by atoms with Crippen LogP contribution in [0.3, 0.4) is 0 Å². The first-order valence-electron chi connectivity index (χ1n) is 10.7. The number of aromatic nitrogens is 2. The average Bonchev–Trinajstić information content (AvgIpc) is 3.53. The second-order valence-electron chi connectivity index (χ2n) is 7.79. The maximum absolute atomic E-state index is 12.9. The summed E-state index contributed by atoms with van der Waals surface area (Å²) in [6, 6.07) is 5.52. The predicted molar refractivity (Wildman–Crippen MR) is 118 cm³/mol. The monoisotopic (exact) mass is 451 g/mol. The quantitative estimate of drug-likeness (QED) is 0.426. The summed E-state index contributed by atoms with van der Waals surface area (Å²) in [7, 11) is 0. The number of furan rings is 1. The van der Waals surface area contributed by atoms with E-state index in [0.717, 1.165) is 0 Å². The molecule has 10 heteroatoms. The molecule has 0 spiro atoms. The van der Waals surface area contributed by atoms with E-state index in [-0.39, 0.29) is 30.5 Å². The van der Waals surface area contributed by atoms with E-state index in [9.17, 15) is 14.9 Å². The fourth-order valence-electron chi connectivity index (χ4n) is 4.03. The number of piperazine rings is 1. The Morgan fingerprint density at radius 2 is 2.03 bits per heavy atom. The molecule has 33 heavy (non-hydrogen) atoms. The van der Waals surface area contributed by atoms with Gasteiger partial charge in [-0.1, -0.05) is 0 Å². The molecule has 1 aliphatic heterocycles. The summed E-state index contributed by atoms with van der Waals surface area (Å²) < 4.78 is 16.2. The number of ether oxygens (including phenoxy) is 1. The number of hydrogen-bond acceptors (Lipinski definition) is 9. The van der Waals surface area contributed by atoms with E-state index >= 15 is 0 Å². The number of H-pyrrole nitrogens is 1. The van der Waals surface area contributed by atoms with Crippen LogP contribution in [-0.2, 0) is 4.74 Å². The molecule has 0 aliphatic carbocycles. The Labute approximate surface area is 190 Å². The minimum Gasteiger partial charge on any atom is -0.462 e. The number of anilines is 1. The van der Waals surface area contributed by atoms with Gasteiger partial charge in [-0.2, -0.15) is 10.2 Å². The van der Waals surface area contributed by atoms with Gasteiger partial charge in [-0.25, -0.2) is 4.79 Å². The zero-order chi connectivity index (χ0) is 23.5. The van der Waals surface area contributed by atoms with Crippen molar-refractivity contribution in [3.63, 3.8) is 0 Å². The van der Waals surface area contributed by atoms with E-state index in [1.807, 2.05) is 9.80 Å². The molecule has 10 nitrogen and oxygen atoms in total. The van der Waals surface area contributed by atoms with Gasteiger partial charge in [0.2, 0.25) is 11.6 Å². The molecule has 0 radical (unpaired) electrons. The molecule has 1 saturated heterocycles. The van der Waals surface area contributed by atoms with Crippen molar-refractivity contribution in [2.75, 3.05) is 44.2 Å². The van der Waals surface area contributed by atoms with Crippen LogP contribution in [0.25, 0.3) is 11.7 Å². The summed E-state index contributed by atoms with van der Waals surface area (Å²) in [6.45, 7) is 8.12. The van der Waals surface area contributed by atoms with Crippen LogP contribution in [0.5, 0.6) is 0 Å². The van der Waals surface area contributed by atoms with Crippen LogP contribution in [0.1, 0.15) is 44.7 Å². The van der Waals surface area contributed by atoms with E-state index in [0.29, 0.717) is 60.3 Å². The van der Waals surface area contributed by atoms with Crippen LogP contribution >= 0.6 is 0 Å². The number of hydrogen-bond donors (Lipinski definition) is 1. The lowest BCUT2D eigenvalue weighted by Crippen LogP contribution is -2.48. The molecule has 1 aliphatic rings. The van der Waals surface area contributed by atoms with Crippen molar-refractivity contribution in [2.24, 2.45) is 0 Å². The van der Waals surface area contributed by atoms with E-state index in [2.05, 4.69) is 16.0 Å². The highest BCUT2D eigenvalue weighted by Gasteiger charge is 2.28. The van der Waals surface area contributed by atoms with Crippen LogP contribution in [0.15, 0.2) is 27.2 Å². The van der Waals surface area contributed by atoms with Crippen LogP contribution in [0.4, 0.5) is 5.88 Å². The predicted octanol–water partition coefficient (Wildman–Crippen LogP) is 2.93. The Morgan fingerprint density at radius 3 is 2.67 bits per heavy atom. The number of nitrogens with one attached hydrogen (secondary N) is 1. The number of nitrogens with zero attached hydrogens (tertiary/aromatic N) is 4. The smallest absolute Gasteiger partial charge is 0.340 e. The van der Waals surface area contributed by atoms with Gasteiger partial charge in [0.1, 0.15) is 6.07 Å². The molecule has 0 aromatic carbocycles. The molecule has 0 atom stereocenters. The number of ketones is 1. The first kappa shape index (κ1) is 22.4. The van der Waals surface area contributed by atoms with Gasteiger partial charge in [-0.15, -0.1) is 0 Å². The Balaban J connectivity index is 1.41. The molecule has 0 bridgehead atoms. The summed E-state index contributed by atoms with van der Waals surface area (Å²) in [5, 5.41) is 9.46. The largest absolute Gasteiger partial charge is 0.462 e. The number of carbonyl (C=O) groups excluding carboxylic acids is 2.